The SMILES string of the molecule is C[n+]1cn(-c2ccccc2)cc1C#N. The quantitative estimate of drug-likeness (QED) is 0.612. The standard InChI is InChI=1S/C11H10N3/c1-13-9-14(8-11(13)7-12)10-5-3-2-4-6-10/h2-6,8-9H,1H3/q+1. The molecule has 1 aromatic carbocycles. The summed E-state index contributed by atoms with van der Waals surface area (Å²) in [6.45, 7) is 0. The summed E-state index contributed by atoms with van der Waals surface area (Å²) >= 11 is 0. The largest absolute Gasteiger partial charge is 0.249 e. The van der Waals surface area contributed by atoms with Crippen LogP contribution in [0.2, 0.25) is 0 Å². The minimum absolute atomic E-state index is 0.647. The summed E-state index contributed by atoms with van der Waals surface area (Å²) < 4.78 is 3.73. The van der Waals surface area contributed by atoms with Gasteiger partial charge >= 0.3 is 0 Å². The van der Waals surface area contributed by atoms with Gasteiger partial charge in [-0.3, -0.25) is 0 Å². The fourth-order valence-electron chi connectivity index (χ4n) is 1.35. The molecule has 0 aliphatic carbocycles. The van der Waals surface area contributed by atoms with Crippen molar-refractivity contribution >= 4 is 0 Å². The average molecular weight is 184 g/mol. The van der Waals surface area contributed by atoms with Crippen molar-refractivity contribution < 1.29 is 4.57 Å². The first kappa shape index (κ1) is 8.52. The van der Waals surface area contributed by atoms with E-state index in [1.165, 1.54) is 0 Å². The molecule has 0 aliphatic rings. The Morgan fingerprint density at radius 1 is 1.29 bits per heavy atom. The van der Waals surface area contributed by atoms with Crippen LogP contribution >= 0.6 is 0 Å². The van der Waals surface area contributed by atoms with Gasteiger partial charge in [0.25, 0.3) is 0 Å². The molecule has 3 nitrogen and oxygen atoms in total. The maximum Gasteiger partial charge on any atom is 0.249 e. The Labute approximate surface area is 82.5 Å². The number of aromatic nitrogens is 2. The van der Waals surface area contributed by atoms with E-state index in [2.05, 4.69) is 6.07 Å². The van der Waals surface area contributed by atoms with E-state index in [0.29, 0.717) is 5.69 Å². The fraction of sp³-hybridized carbons (Fsp3) is 0.0909. The second-order valence-electron chi connectivity index (χ2n) is 3.10. The lowest BCUT2D eigenvalue weighted by Crippen LogP contribution is -2.28. The van der Waals surface area contributed by atoms with Gasteiger partial charge in [-0.1, -0.05) is 18.2 Å². The molecular formula is C11H10N3+. The number of hydrogen-bond donors (Lipinski definition) is 0. The first-order valence-corrected chi connectivity index (χ1v) is 4.34. The van der Waals surface area contributed by atoms with Gasteiger partial charge in [-0.2, -0.15) is 5.26 Å². The van der Waals surface area contributed by atoms with Gasteiger partial charge in [0.15, 0.2) is 6.20 Å². The second-order valence-corrected chi connectivity index (χ2v) is 3.10. The van der Waals surface area contributed by atoms with Crippen LogP contribution in [0.1, 0.15) is 5.69 Å². The van der Waals surface area contributed by atoms with Crippen molar-refractivity contribution in [3.05, 3.63) is 48.5 Å². The van der Waals surface area contributed by atoms with E-state index < -0.39 is 0 Å². The summed E-state index contributed by atoms with van der Waals surface area (Å²) in [6, 6.07) is 12.0. The lowest BCUT2D eigenvalue weighted by Gasteiger charge is -1.91. The number of para-hydroxylation sites is 1. The molecular weight excluding hydrogens is 174 g/mol. The molecule has 0 saturated carbocycles. The number of rotatable bonds is 1. The van der Waals surface area contributed by atoms with Crippen LogP contribution in [0.4, 0.5) is 0 Å². The molecule has 3 heteroatoms. The molecule has 0 unspecified atom stereocenters. The van der Waals surface area contributed by atoms with Crippen LogP contribution in [0.25, 0.3) is 5.69 Å². The Hall–Kier alpha value is -2.08. The molecule has 0 N–H and O–H groups in total. The first-order chi connectivity index (χ1) is 6.81. The summed E-state index contributed by atoms with van der Waals surface area (Å²) in [4.78, 5) is 0. The third-order valence-electron chi connectivity index (χ3n) is 2.11. The Kier molecular flexibility index (Phi) is 2.04. The molecule has 0 bridgehead atoms. The first-order valence-electron chi connectivity index (χ1n) is 4.34. The predicted octanol–water partition coefficient (Wildman–Crippen LogP) is 1.17. The van der Waals surface area contributed by atoms with Gasteiger partial charge in [-0.25, -0.2) is 9.13 Å². The van der Waals surface area contributed by atoms with Crippen molar-refractivity contribution in [2.45, 2.75) is 0 Å². The Morgan fingerprint density at radius 2 is 2.00 bits per heavy atom. The zero-order valence-electron chi connectivity index (χ0n) is 7.88. The van der Waals surface area contributed by atoms with Crippen molar-refractivity contribution in [2.75, 3.05) is 0 Å². The maximum atomic E-state index is 8.79. The van der Waals surface area contributed by atoms with E-state index in [1.807, 2.05) is 54.5 Å². The number of nitriles is 1. The van der Waals surface area contributed by atoms with E-state index in [9.17, 15) is 0 Å². The molecule has 0 radical (unpaired) electrons. The Bertz CT molecular complexity index is 477. The Balaban J connectivity index is 2.50. The van der Waals surface area contributed by atoms with Gasteiger partial charge < -0.3 is 0 Å². The number of imidazole rings is 1. The molecule has 2 rings (SSSR count). The number of aryl methyl sites for hydroxylation is 1. The lowest BCUT2D eigenvalue weighted by atomic mass is 10.3. The van der Waals surface area contributed by atoms with Crippen LogP contribution in [0.3, 0.4) is 0 Å². The Morgan fingerprint density at radius 3 is 2.57 bits per heavy atom. The predicted molar refractivity (Wildman–Crippen MR) is 51.7 cm³/mol. The molecule has 1 aromatic heterocycles. The minimum Gasteiger partial charge on any atom is -0.224 e. The zero-order chi connectivity index (χ0) is 9.97. The lowest BCUT2D eigenvalue weighted by molar-refractivity contribution is -0.673. The molecule has 0 saturated heterocycles. The van der Waals surface area contributed by atoms with E-state index in [0.717, 1.165) is 5.69 Å². The van der Waals surface area contributed by atoms with Crippen LogP contribution in [-0.2, 0) is 7.05 Å². The molecule has 0 spiro atoms. The van der Waals surface area contributed by atoms with E-state index in [4.69, 9.17) is 5.26 Å². The number of benzene rings is 1. The fourth-order valence-corrected chi connectivity index (χ4v) is 1.35. The van der Waals surface area contributed by atoms with Gasteiger partial charge in [0.05, 0.1) is 7.05 Å². The minimum atomic E-state index is 0.647. The van der Waals surface area contributed by atoms with Crippen LogP contribution < -0.4 is 4.57 Å². The van der Waals surface area contributed by atoms with Gasteiger partial charge in [0, 0.05) is 0 Å². The number of nitrogens with zero attached hydrogens (tertiary/aromatic N) is 3. The highest BCUT2D eigenvalue weighted by Crippen LogP contribution is 2.05. The highest BCUT2D eigenvalue weighted by molar-refractivity contribution is 5.31. The second kappa shape index (κ2) is 3.35. The molecule has 0 aliphatic heterocycles. The van der Waals surface area contributed by atoms with Crippen LogP contribution in [-0.4, -0.2) is 4.57 Å². The normalized spacial score (nSPS) is 9.71. The highest BCUT2D eigenvalue weighted by Gasteiger charge is 2.10. The van der Waals surface area contributed by atoms with Crippen molar-refractivity contribution in [1.29, 1.82) is 5.26 Å². The highest BCUT2D eigenvalue weighted by atomic mass is 15.1. The smallest absolute Gasteiger partial charge is 0.224 e. The van der Waals surface area contributed by atoms with E-state index in [1.54, 1.807) is 4.57 Å². The average Bonchev–Trinajstić information content (AvgIpc) is 2.61. The van der Waals surface area contributed by atoms with E-state index >= 15 is 0 Å². The maximum absolute atomic E-state index is 8.79. The topological polar surface area (TPSA) is 32.6 Å². The third kappa shape index (κ3) is 1.38. The van der Waals surface area contributed by atoms with Crippen molar-refractivity contribution in [2.24, 2.45) is 7.05 Å². The molecule has 2 aromatic rings. The molecule has 0 atom stereocenters. The van der Waals surface area contributed by atoms with Crippen LogP contribution in [0.5, 0.6) is 0 Å². The van der Waals surface area contributed by atoms with Crippen LogP contribution in [0.15, 0.2) is 42.9 Å². The van der Waals surface area contributed by atoms with Crippen LogP contribution in [0, 0.1) is 11.3 Å². The van der Waals surface area contributed by atoms with Gasteiger partial charge in [0.1, 0.15) is 11.8 Å². The summed E-state index contributed by atoms with van der Waals surface area (Å²) in [5.74, 6) is 0. The molecule has 14 heavy (non-hydrogen) atoms. The monoisotopic (exact) mass is 184 g/mol. The van der Waals surface area contributed by atoms with E-state index in [-0.39, 0.29) is 0 Å². The molecule has 0 fully saturated rings. The van der Waals surface area contributed by atoms with Gasteiger partial charge in [-0.05, 0) is 12.1 Å². The summed E-state index contributed by atoms with van der Waals surface area (Å²) in [5, 5.41) is 8.79. The van der Waals surface area contributed by atoms with Gasteiger partial charge in [-0.15, -0.1) is 0 Å². The number of hydrogen-bond acceptors (Lipinski definition) is 1. The van der Waals surface area contributed by atoms with Crippen molar-refractivity contribution in [3.63, 3.8) is 0 Å². The molecule has 1 heterocycles. The summed E-state index contributed by atoms with van der Waals surface area (Å²) in [7, 11) is 1.86. The van der Waals surface area contributed by atoms with Crippen molar-refractivity contribution in [3.8, 4) is 11.8 Å². The third-order valence-corrected chi connectivity index (χ3v) is 2.11. The zero-order valence-corrected chi connectivity index (χ0v) is 7.88. The summed E-state index contributed by atoms with van der Waals surface area (Å²) in [6.07, 6.45) is 3.70. The summed E-state index contributed by atoms with van der Waals surface area (Å²) in [5.41, 5.74) is 1.71. The molecule has 68 valence electrons. The molecule has 0 amide bonds. The van der Waals surface area contributed by atoms with Crippen molar-refractivity contribution in [1.82, 2.24) is 4.57 Å². The van der Waals surface area contributed by atoms with Gasteiger partial charge in [0.2, 0.25) is 12.0 Å².